The molecule has 0 saturated heterocycles. The molecular weight excluding hydrogens is 489 g/mol. The van der Waals surface area contributed by atoms with Crippen molar-refractivity contribution in [2.45, 2.75) is 52.6 Å². The van der Waals surface area contributed by atoms with Crippen LogP contribution >= 0.6 is 11.3 Å². The van der Waals surface area contributed by atoms with Crippen LogP contribution in [0.5, 0.6) is 0 Å². The number of esters is 1. The van der Waals surface area contributed by atoms with Gasteiger partial charge < -0.3 is 14.6 Å². The summed E-state index contributed by atoms with van der Waals surface area (Å²) >= 11 is 1.60. The lowest BCUT2D eigenvalue weighted by atomic mass is 9.95. The molecule has 0 saturated carbocycles. The van der Waals surface area contributed by atoms with E-state index in [9.17, 15) is 22.8 Å². The Morgan fingerprint density at radius 1 is 1.19 bits per heavy atom. The number of benzene rings is 1. The van der Waals surface area contributed by atoms with Gasteiger partial charge in [0.05, 0.1) is 17.7 Å². The van der Waals surface area contributed by atoms with Crippen LogP contribution in [0.2, 0.25) is 0 Å². The molecule has 2 aromatic heterocycles. The lowest BCUT2D eigenvalue weighted by molar-refractivity contribution is -0.137. The van der Waals surface area contributed by atoms with Gasteiger partial charge in [-0.1, -0.05) is 6.07 Å². The van der Waals surface area contributed by atoms with Crippen molar-refractivity contribution in [2.24, 2.45) is 0 Å². The van der Waals surface area contributed by atoms with Crippen LogP contribution in [0, 0.1) is 13.8 Å². The molecule has 0 bridgehead atoms. The highest BCUT2D eigenvalue weighted by atomic mass is 32.1. The van der Waals surface area contributed by atoms with Crippen molar-refractivity contribution in [3.05, 3.63) is 68.3 Å². The molecule has 1 aliphatic carbocycles. The molecule has 5 nitrogen and oxygen atoms in total. The van der Waals surface area contributed by atoms with E-state index >= 15 is 0 Å². The molecule has 1 aliphatic heterocycles. The summed E-state index contributed by atoms with van der Waals surface area (Å²) < 4.78 is 46.8. The maximum atomic E-state index is 13.1. The monoisotopic (exact) mass is 514 g/mol. The van der Waals surface area contributed by atoms with Gasteiger partial charge in [0.2, 0.25) is 0 Å². The molecule has 0 atom stereocenters. The minimum atomic E-state index is -4.49. The molecule has 9 heteroatoms. The second-order valence-electron chi connectivity index (χ2n) is 9.04. The smallest absolute Gasteiger partial charge is 0.416 e. The predicted octanol–water partition coefficient (Wildman–Crippen LogP) is 6.72. The average molecular weight is 515 g/mol. The number of nitrogens with one attached hydrogen (secondary N) is 1. The van der Waals surface area contributed by atoms with Gasteiger partial charge >= 0.3 is 12.1 Å². The molecule has 1 aromatic carbocycles. The lowest BCUT2D eigenvalue weighted by Gasteiger charge is -2.13. The number of hydrogen-bond acceptors (Lipinski definition) is 4. The largest absolute Gasteiger partial charge is 0.462 e. The molecule has 0 unspecified atom stereocenters. The molecule has 188 valence electrons. The van der Waals surface area contributed by atoms with Crippen molar-refractivity contribution in [3.8, 4) is 5.00 Å². The number of alkyl halides is 3. The van der Waals surface area contributed by atoms with Crippen LogP contribution < -0.4 is 5.32 Å². The Morgan fingerprint density at radius 2 is 1.94 bits per heavy atom. The van der Waals surface area contributed by atoms with E-state index in [4.69, 9.17) is 4.74 Å². The summed E-state index contributed by atoms with van der Waals surface area (Å²) in [6.45, 7) is 5.91. The van der Waals surface area contributed by atoms with E-state index in [1.54, 1.807) is 24.3 Å². The average Bonchev–Trinajstić information content (AvgIpc) is 3.43. The number of amides is 1. The van der Waals surface area contributed by atoms with Crippen LogP contribution in [0.3, 0.4) is 0 Å². The van der Waals surface area contributed by atoms with E-state index in [1.165, 1.54) is 10.9 Å². The lowest BCUT2D eigenvalue weighted by Crippen LogP contribution is -2.12. The number of halogens is 3. The van der Waals surface area contributed by atoms with Crippen LogP contribution in [0.4, 0.5) is 18.9 Å². The maximum absolute atomic E-state index is 13.1. The Labute approximate surface area is 210 Å². The van der Waals surface area contributed by atoms with Crippen LogP contribution in [0.25, 0.3) is 16.7 Å². The first-order valence-electron chi connectivity index (χ1n) is 11.9. The number of aromatic nitrogens is 1. The summed E-state index contributed by atoms with van der Waals surface area (Å²) in [5.74, 6) is -0.781. The van der Waals surface area contributed by atoms with E-state index < -0.39 is 17.6 Å². The zero-order chi connectivity index (χ0) is 25.8. The van der Waals surface area contributed by atoms with Gasteiger partial charge in [0.15, 0.2) is 0 Å². The minimum absolute atomic E-state index is 0.144. The van der Waals surface area contributed by atoms with Gasteiger partial charge in [-0.05, 0) is 81.9 Å². The summed E-state index contributed by atoms with van der Waals surface area (Å²) in [6, 6.07) is 5.19. The first kappa shape index (κ1) is 24.4. The van der Waals surface area contributed by atoms with Crippen molar-refractivity contribution in [3.63, 3.8) is 0 Å². The van der Waals surface area contributed by atoms with Crippen molar-refractivity contribution >= 4 is 40.5 Å². The first-order valence-corrected chi connectivity index (χ1v) is 12.7. The summed E-state index contributed by atoms with van der Waals surface area (Å²) in [4.78, 5) is 26.9. The van der Waals surface area contributed by atoms with Crippen LogP contribution in [0.1, 0.15) is 68.6 Å². The molecular formula is C27H25F3N2O3S. The zero-order valence-electron chi connectivity index (χ0n) is 20.1. The van der Waals surface area contributed by atoms with E-state index in [-0.39, 0.29) is 18.3 Å². The topological polar surface area (TPSA) is 60.3 Å². The molecule has 3 heterocycles. The maximum Gasteiger partial charge on any atom is 0.416 e. The Bertz CT molecular complexity index is 1430. The van der Waals surface area contributed by atoms with Gasteiger partial charge in [-0.3, -0.25) is 4.79 Å². The van der Waals surface area contributed by atoms with Crippen LogP contribution in [-0.4, -0.2) is 23.1 Å². The minimum Gasteiger partial charge on any atom is -0.462 e. The SMILES string of the molecule is CCOC(=O)c1c(-n2c(C)cc(/C=C3/C(=O)Nc4cc(C(F)(F)F)ccc43)c2C)sc2c1CCCC2. The van der Waals surface area contributed by atoms with Gasteiger partial charge in [0.1, 0.15) is 5.00 Å². The molecule has 5 rings (SSSR count). The second-order valence-corrected chi connectivity index (χ2v) is 10.1. The highest BCUT2D eigenvalue weighted by Crippen LogP contribution is 2.41. The van der Waals surface area contributed by atoms with Gasteiger partial charge in [0, 0.05) is 33.1 Å². The number of anilines is 1. The number of fused-ring (bicyclic) bond motifs is 2. The molecule has 0 radical (unpaired) electrons. The first-order chi connectivity index (χ1) is 17.1. The third-order valence-corrected chi connectivity index (χ3v) is 8.01. The molecule has 2 aliphatic rings. The van der Waals surface area contributed by atoms with Crippen molar-refractivity contribution in [1.29, 1.82) is 0 Å². The number of hydrogen-bond donors (Lipinski definition) is 1. The highest BCUT2D eigenvalue weighted by Gasteiger charge is 2.34. The molecule has 0 fully saturated rings. The number of nitrogens with zero attached hydrogens (tertiary/aromatic N) is 1. The van der Waals surface area contributed by atoms with Crippen LogP contribution in [-0.2, 0) is 28.5 Å². The van der Waals surface area contributed by atoms with E-state index in [0.29, 0.717) is 16.7 Å². The van der Waals surface area contributed by atoms with Crippen molar-refractivity contribution < 1.29 is 27.5 Å². The second kappa shape index (κ2) is 8.96. The molecule has 1 amide bonds. The predicted molar refractivity (Wildman–Crippen MR) is 134 cm³/mol. The molecule has 3 aromatic rings. The van der Waals surface area contributed by atoms with E-state index in [0.717, 1.165) is 65.3 Å². The summed E-state index contributed by atoms with van der Waals surface area (Å²) in [6.07, 6.45) is 1.09. The zero-order valence-corrected chi connectivity index (χ0v) is 21.0. The fraction of sp³-hybridized carbons (Fsp3) is 0.333. The third-order valence-electron chi connectivity index (χ3n) is 6.74. The molecule has 0 spiro atoms. The summed E-state index contributed by atoms with van der Waals surface area (Å²) in [5, 5.41) is 3.36. The quantitative estimate of drug-likeness (QED) is 0.311. The number of rotatable bonds is 4. The molecule has 36 heavy (non-hydrogen) atoms. The fourth-order valence-corrected chi connectivity index (χ4v) is 6.53. The van der Waals surface area contributed by atoms with Gasteiger partial charge in [-0.2, -0.15) is 13.2 Å². The highest BCUT2D eigenvalue weighted by molar-refractivity contribution is 7.15. The standard InChI is InChI=1S/C27H25F3N2O3S/c1-4-35-26(34)23-19-7-5-6-8-22(19)36-25(23)32-14(2)11-16(15(32)3)12-20-18-10-9-17(27(28,29)30)13-21(18)31-24(20)33/h9-13H,4-8H2,1-3H3,(H,31,33)/b20-12+. The van der Waals surface area contributed by atoms with Crippen molar-refractivity contribution in [2.75, 3.05) is 11.9 Å². The third kappa shape index (κ3) is 4.05. The Balaban J connectivity index is 1.60. The van der Waals surface area contributed by atoms with Crippen LogP contribution in [0.15, 0.2) is 24.3 Å². The van der Waals surface area contributed by atoms with Gasteiger partial charge in [-0.15, -0.1) is 11.3 Å². The summed E-state index contributed by atoms with van der Waals surface area (Å²) in [5.41, 5.74) is 4.21. The Morgan fingerprint density at radius 3 is 2.67 bits per heavy atom. The number of ether oxygens (including phenoxy) is 1. The summed E-state index contributed by atoms with van der Waals surface area (Å²) in [7, 11) is 0. The fourth-order valence-electron chi connectivity index (χ4n) is 5.04. The normalized spacial score (nSPS) is 16.2. The Kier molecular flexibility index (Phi) is 6.06. The van der Waals surface area contributed by atoms with Gasteiger partial charge in [0.25, 0.3) is 5.91 Å². The van der Waals surface area contributed by atoms with Crippen molar-refractivity contribution in [1.82, 2.24) is 4.57 Å². The Hall–Kier alpha value is -3.33. The number of thiophene rings is 1. The van der Waals surface area contributed by atoms with Gasteiger partial charge in [-0.25, -0.2) is 4.79 Å². The number of aryl methyl sites for hydroxylation is 2. The number of carbonyl (C=O) groups is 2. The number of carbonyl (C=O) groups excluding carboxylic acids is 2. The van der Waals surface area contributed by atoms with E-state index in [1.807, 2.05) is 24.5 Å². The molecule has 1 N–H and O–H groups in total. The van der Waals surface area contributed by atoms with E-state index in [2.05, 4.69) is 5.32 Å².